The number of anilines is 1. The summed E-state index contributed by atoms with van der Waals surface area (Å²) in [5.41, 5.74) is 3.87. The van der Waals surface area contributed by atoms with Gasteiger partial charge in [0.1, 0.15) is 0 Å². The second-order valence-electron chi connectivity index (χ2n) is 4.73. The van der Waals surface area contributed by atoms with Crippen molar-refractivity contribution in [2.45, 2.75) is 0 Å². The number of fused-ring (bicyclic) bond motifs is 2. The normalized spacial score (nSPS) is 11.0. The summed E-state index contributed by atoms with van der Waals surface area (Å²) in [6.45, 7) is 0. The molecule has 0 fully saturated rings. The van der Waals surface area contributed by atoms with Crippen LogP contribution in [0.5, 0.6) is 0 Å². The lowest BCUT2D eigenvalue weighted by molar-refractivity contribution is 0.102. The van der Waals surface area contributed by atoms with Gasteiger partial charge >= 0.3 is 0 Å². The Bertz CT molecular complexity index is 953. The standard InChI is InChI=1S/C15H11N5O/c21-15(9-4-5-13-14(6-9)17-8-16-13)19-11-2-1-3-12-10(11)7-18-20-12/h1-8H,(H,16,17)(H,18,20)(H,19,21). The van der Waals surface area contributed by atoms with Gasteiger partial charge in [-0.1, -0.05) is 6.07 Å². The molecule has 0 aliphatic carbocycles. The number of amides is 1. The van der Waals surface area contributed by atoms with Crippen LogP contribution in [-0.4, -0.2) is 26.1 Å². The zero-order valence-corrected chi connectivity index (χ0v) is 10.9. The lowest BCUT2D eigenvalue weighted by Crippen LogP contribution is -2.11. The Kier molecular flexibility index (Phi) is 2.47. The first-order valence-corrected chi connectivity index (χ1v) is 6.48. The van der Waals surface area contributed by atoms with Crippen molar-refractivity contribution in [3.8, 4) is 0 Å². The van der Waals surface area contributed by atoms with Crippen LogP contribution in [0.2, 0.25) is 0 Å². The van der Waals surface area contributed by atoms with Gasteiger partial charge in [-0.2, -0.15) is 5.10 Å². The molecule has 4 rings (SSSR count). The first-order valence-electron chi connectivity index (χ1n) is 6.48. The number of rotatable bonds is 2. The number of aromatic nitrogens is 4. The number of imidazole rings is 1. The summed E-state index contributed by atoms with van der Waals surface area (Å²) < 4.78 is 0. The lowest BCUT2D eigenvalue weighted by atomic mass is 10.1. The first-order chi connectivity index (χ1) is 10.3. The molecule has 0 saturated heterocycles. The van der Waals surface area contributed by atoms with E-state index in [9.17, 15) is 4.79 Å². The van der Waals surface area contributed by atoms with Gasteiger partial charge in [0.15, 0.2) is 0 Å². The number of hydrogen-bond acceptors (Lipinski definition) is 3. The zero-order chi connectivity index (χ0) is 14.2. The number of carbonyl (C=O) groups excluding carboxylic acids is 1. The van der Waals surface area contributed by atoms with E-state index in [4.69, 9.17) is 0 Å². The minimum absolute atomic E-state index is 0.166. The number of benzene rings is 2. The lowest BCUT2D eigenvalue weighted by Gasteiger charge is -2.06. The predicted octanol–water partition coefficient (Wildman–Crippen LogP) is 2.69. The SMILES string of the molecule is O=C(Nc1cccc2[nH]ncc12)c1ccc2nc[nH]c2c1. The minimum atomic E-state index is -0.166. The second-order valence-corrected chi connectivity index (χ2v) is 4.73. The highest BCUT2D eigenvalue weighted by Crippen LogP contribution is 2.22. The molecule has 21 heavy (non-hydrogen) atoms. The van der Waals surface area contributed by atoms with Crippen molar-refractivity contribution in [2.75, 3.05) is 5.32 Å². The molecule has 0 atom stereocenters. The van der Waals surface area contributed by atoms with Crippen molar-refractivity contribution in [3.63, 3.8) is 0 Å². The Balaban J connectivity index is 1.70. The third-order valence-corrected chi connectivity index (χ3v) is 3.42. The topological polar surface area (TPSA) is 86.5 Å². The number of H-pyrrole nitrogens is 2. The van der Waals surface area contributed by atoms with Crippen molar-refractivity contribution < 1.29 is 4.79 Å². The van der Waals surface area contributed by atoms with Gasteiger partial charge in [-0.05, 0) is 30.3 Å². The van der Waals surface area contributed by atoms with Crippen LogP contribution in [0.25, 0.3) is 21.9 Å². The van der Waals surface area contributed by atoms with Crippen LogP contribution in [0.4, 0.5) is 5.69 Å². The van der Waals surface area contributed by atoms with Crippen molar-refractivity contribution in [2.24, 2.45) is 0 Å². The molecule has 2 aromatic carbocycles. The zero-order valence-electron chi connectivity index (χ0n) is 10.9. The van der Waals surface area contributed by atoms with Gasteiger partial charge in [0.2, 0.25) is 0 Å². The molecule has 0 bridgehead atoms. The third kappa shape index (κ3) is 1.93. The molecule has 0 saturated carbocycles. The maximum atomic E-state index is 12.4. The van der Waals surface area contributed by atoms with Crippen LogP contribution < -0.4 is 5.32 Å². The maximum Gasteiger partial charge on any atom is 0.255 e. The molecule has 2 aromatic heterocycles. The predicted molar refractivity (Wildman–Crippen MR) is 80.1 cm³/mol. The van der Waals surface area contributed by atoms with Crippen molar-refractivity contribution >= 4 is 33.5 Å². The average Bonchev–Trinajstić information content (AvgIpc) is 3.15. The smallest absolute Gasteiger partial charge is 0.255 e. The summed E-state index contributed by atoms with van der Waals surface area (Å²) >= 11 is 0. The van der Waals surface area contributed by atoms with E-state index in [-0.39, 0.29) is 5.91 Å². The molecule has 0 spiro atoms. The van der Waals surface area contributed by atoms with Crippen molar-refractivity contribution in [1.29, 1.82) is 0 Å². The molecule has 6 nitrogen and oxygen atoms in total. The van der Waals surface area contributed by atoms with Crippen LogP contribution >= 0.6 is 0 Å². The molecule has 0 unspecified atom stereocenters. The molecular formula is C15H11N5O. The molecule has 3 N–H and O–H groups in total. The van der Waals surface area contributed by atoms with Gasteiger partial charge < -0.3 is 10.3 Å². The monoisotopic (exact) mass is 277 g/mol. The molecule has 0 aliphatic heterocycles. The van der Waals surface area contributed by atoms with Crippen molar-refractivity contribution in [1.82, 2.24) is 20.2 Å². The Morgan fingerprint density at radius 2 is 2.10 bits per heavy atom. The van der Waals surface area contributed by atoms with E-state index in [0.717, 1.165) is 27.6 Å². The van der Waals surface area contributed by atoms with Crippen LogP contribution in [0, 0.1) is 0 Å². The van der Waals surface area contributed by atoms with E-state index < -0.39 is 0 Å². The summed E-state index contributed by atoms with van der Waals surface area (Å²) in [6, 6.07) is 11.0. The summed E-state index contributed by atoms with van der Waals surface area (Å²) in [4.78, 5) is 19.5. The van der Waals surface area contributed by atoms with Gasteiger partial charge in [-0.15, -0.1) is 0 Å². The fraction of sp³-hybridized carbons (Fsp3) is 0. The van der Waals surface area contributed by atoms with E-state index in [2.05, 4.69) is 25.5 Å². The number of nitrogens with one attached hydrogen (secondary N) is 3. The second kappa shape index (κ2) is 4.45. The number of carbonyl (C=O) groups is 1. The largest absolute Gasteiger partial charge is 0.345 e. The molecule has 4 aromatic rings. The van der Waals surface area contributed by atoms with Crippen LogP contribution in [0.3, 0.4) is 0 Å². The molecule has 0 radical (unpaired) electrons. The molecule has 102 valence electrons. The van der Waals surface area contributed by atoms with Gasteiger partial charge in [0.25, 0.3) is 5.91 Å². The van der Waals surface area contributed by atoms with Crippen LogP contribution in [0.1, 0.15) is 10.4 Å². The molecule has 1 amide bonds. The Labute approximate surface area is 119 Å². The Morgan fingerprint density at radius 1 is 1.14 bits per heavy atom. The van der Waals surface area contributed by atoms with Crippen LogP contribution in [0.15, 0.2) is 48.9 Å². The van der Waals surface area contributed by atoms with E-state index in [1.54, 1.807) is 24.7 Å². The Morgan fingerprint density at radius 3 is 3.05 bits per heavy atom. The van der Waals surface area contributed by atoms with E-state index >= 15 is 0 Å². The number of nitrogens with zero attached hydrogens (tertiary/aromatic N) is 2. The molecule has 2 heterocycles. The highest BCUT2D eigenvalue weighted by Gasteiger charge is 2.10. The maximum absolute atomic E-state index is 12.4. The minimum Gasteiger partial charge on any atom is -0.345 e. The van der Waals surface area contributed by atoms with Gasteiger partial charge in [-0.25, -0.2) is 4.98 Å². The van der Waals surface area contributed by atoms with Crippen LogP contribution in [-0.2, 0) is 0 Å². The molecule has 0 aliphatic rings. The fourth-order valence-electron chi connectivity index (χ4n) is 2.35. The summed E-state index contributed by atoms with van der Waals surface area (Å²) in [5, 5.41) is 10.7. The molecule has 6 heteroatoms. The number of hydrogen-bond donors (Lipinski definition) is 3. The van der Waals surface area contributed by atoms with E-state index in [1.807, 2.05) is 24.3 Å². The molecular weight excluding hydrogens is 266 g/mol. The summed E-state index contributed by atoms with van der Waals surface area (Å²) in [5.74, 6) is -0.166. The highest BCUT2D eigenvalue weighted by molar-refractivity contribution is 6.09. The average molecular weight is 277 g/mol. The quantitative estimate of drug-likeness (QED) is 0.526. The van der Waals surface area contributed by atoms with Crippen molar-refractivity contribution in [3.05, 3.63) is 54.5 Å². The first kappa shape index (κ1) is 11.7. The van der Waals surface area contributed by atoms with Gasteiger partial charge in [-0.3, -0.25) is 9.89 Å². The van der Waals surface area contributed by atoms with Gasteiger partial charge in [0.05, 0.1) is 34.8 Å². The van der Waals surface area contributed by atoms with Gasteiger partial charge in [0, 0.05) is 10.9 Å². The Hall–Kier alpha value is -3.15. The summed E-state index contributed by atoms with van der Waals surface area (Å²) in [7, 11) is 0. The number of aromatic amines is 2. The van der Waals surface area contributed by atoms with E-state index in [0.29, 0.717) is 5.56 Å². The summed E-state index contributed by atoms with van der Waals surface area (Å²) in [6.07, 6.45) is 3.31. The highest BCUT2D eigenvalue weighted by atomic mass is 16.1. The fourth-order valence-corrected chi connectivity index (χ4v) is 2.35. The van der Waals surface area contributed by atoms with E-state index in [1.165, 1.54) is 0 Å². The third-order valence-electron chi connectivity index (χ3n) is 3.42.